The van der Waals surface area contributed by atoms with Gasteiger partial charge in [0.05, 0.1) is 16.3 Å². The summed E-state index contributed by atoms with van der Waals surface area (Å²) < 4.78 is 0.751. The summed E-state index contributed by atoms with van der Waals surface area (Å²) in [4.78, 5) is 15.2. The topological polar surface area (TPSA) is 46.3 Å². The molecule has 0 unspecified atom stereocenters. The summed E-state index contributed by atoms with van der Waals surface area (Å²) >= 11 is 7.39. The average Bonchev–Trinajstić information content (AvgIpc) is 2.70. The molecule has 1 amide bonds. The van der Waals surface area contributed by atoms with E-state index >= 15 is 0 Å². The van der Waals surface area contributed by atoms with E-state index in [1.54, 1.807) is 0 Å². The van der Waals surface area contributed by atoms with Gasteiger partial charge in [0.15, 0.2) is 0 Å². The molecule has 1 aromatic heterocycles. The Bertz CT molecular complexity index is 393. The van der Waals surface area contributed by atoms with Crippen LogP contribution in [0.2, 0.25) is 4.34 Å². The number of nitrogens with zero attached hydrogens (tertiary/aromatic N) is 1. The molecule has 0 saturated heterocycles. The molecule has 1 heterocycles. The second-order valence-electron chi connectivity index (χ2n) is 4.61. The molecule has 0 fully saturated rings. The number of thiophene rings is 1. The average molecular weight is 311 g/mol. The highest BCUT2D eigenvalue weighted by Gasteiger charge is 2.30. The first-order valence-electron chi connectivity index (χ1n) is 5.64. The number of rotatable bonds is 5. The smallest absolute Gasteiger partial charge is 0.229 e. The van der Waals surface area contributed by atoms with Crippen LogP contribution in [0.4, 0.5) is 0 Å². The first kappa shape index (κ1) is 17.7. The fraction of sp³-hybridized carbons (Fsp3) is 0.583. The van der Waals surface area contributed by atoms with Crippen molar-refractivity contribution in [2.24, 2.45) is 11.1 Å². The number of hydrogen-bond acceptors (Lipinski definition) is 3. The lowest BCUT2D eigenvalue weighted by atomic mass is 9.92. The Balaban J connectivity index is 0.00000289. The van der Waals surface area contributed by atoms with E-state index in [-0.39, 0.29) is 18.3 Å². The fourth-order valence-corrected chi connectivity index (χ4v) is 2.57. The molecule has 0 bridgehead atoms. The summed E-state index contributed by atoms with van der Waals surface area (Å²) in [5.41, 5.74) is 5.13. The number of carbonyl (C=O) groups excluding carboxylic acids is 1. The number of nitrogens with two attached hydrogens (primary N) is 1. The highest BCUT2D eigenvalue weighted by Crippen LogP contribution is 2.24. The van der Waals surface area contributed by atoms with Gasteiger partial charge in [-0.05, 0) is 32.9 Å². The lowest BCUT2D eigenvalue weighted by Gasteiger charge is -2.30. The van der Waals surface area contributed by atoms with Gasteiger partial charge in [0.1, 0.15) is 0 Å². The van der Waals surface area contributed by atoms with E-state index < -0.39 is 5.41 Å². The summed E-state index contributed by atoms with van der Waals surface area (Å²) in [7, 11) is 0. The van der Waals surface area contributed by atoms with Gasteiger partial charge in [-0.3, -0.25) is 4.79 Å². The quantitative estimate of drug-likeness (QED) is 0.908. The lowest BCUT2D eigenvalue weighted by molar-refractivity contribution is -0.140. The zero-order valence-electron chi connectivity index (χ0n) is 10.9. The Labute approximate surface area is 124 Å². The first-order chi connectivity index (χ1) is 7.90. The van der Waals surface area contributed by atoms with E-state index in [1.165, 1.54) is 11.3 Å². The van der Waals surface area contributed by atoms with Crippen LogP contribution in [0, 0.1) is 5.41 Å². The van der Waals surface area contributed by atoms with Crippen molar-refractivity contribution < 1.29 is 4.79 Å². The van der Waals surface area contributed by atoms with Gasteiger partial charge in [-0.25, -0.2) is 0 Å². The molecule has 0 saturated carbocycles. The van der Waals surface area contributed by atoms with Crippen LogP contribution in [-0.4, -0.2) is 23.9 Å². The fourth-order valence-electron chi connectivity index (χ4n) is 1.47. The van der Waals surface area contributed by atoms with Gasteiger partial charge in [-0.1, -0.05) is 11.6 Å². The van der Waals surface area contributed by atoms with Crippen molar-refractivity contribution in [1.29, 1.82) is 0 Å². The number of amides is 1. The van der Waals surface area contributed by atoms with Gasteiger partial charge in [-0.2, -0.15) is 0 Å². The molecular formula is C12H20Cl2N2OS. The molecule has 1 aromatic rings. The van der Waals surface area contributed by atoms with Crippen molar-refractivity contribution >= 4 is 41.3 Å². The number of carbonyl (C=O) groups is 1. The van der Waals surface area contributed by atoms with E-state index in [9.17, 15) is 4.79 Å². The van der Waals surface area contributed by atoms with E-state index in [2.05, 4.69) is 0 Å². The van der Waals surface area contributed by atoms with Crippen molar-refractivity contribution in [3.05, 3.63) is 21.3 Å². The number of hydrogen-bond donors (Lipinski definition) is 1. The van der Waals surface area contributed by atoms with Crippen LogP contribution in [0.25, 0.3) is 0 Å². The SMILES string of the molecule is CCN(Cc1ccc(Cl)s1)C(=O)C(C)(C)CN.Cl. The van der Waals surface area contributed by atoms with Crippen molar-refractivity contribution in [3.63, 3.8) is 0 Å². The highest BCUT2D eigenvalue weighted by atomic mass is 35.5. The molecule has 0 aliphatic rings. The van der Waals surface area contributed by atoms with Crippen LogP contribution in [0.3, 0.4) is 0 Å². The molecule has 0 aliphatic heterocycles. The molecule has 104 valence electrons. The lowest BCUT2D eigenvalue weighted by Crippen LogP contribution is -2.44. The van der Waals surface area contributed by atoms with Crippen LogP contribution in [0.15, 0.2) is 12.1 Å². The normalized spacial score (nSPS) is 10.9. The van der Waals surface area contributed by atoms with E-state index in [4.69, 9.17) is 17.3 Å². The zero-order valence-corrected chi connectivity index (χ0v) is 13.3. The summed E-state index contributed by atoms with van der Waals surface area (Å²) in [5, 5.41) is 0. The molecule has 3 nitrogen and oxygen atoms in total. The van der Waals surface area contributed by atoms with Crippen molar-refractivity contribution in [1.82, 2.24) is 4.90 Å². The van der Waals surface area contributed by atoms with Gasteiger partial charge in [0.25, 0.3) is 0 Å². The second-order valence-corrected chi connectivity index (χ2v) is 6.41. The largest absolute Gasteiger partial charge is 0.337 e. The predicted octanol–water partition coefficient (Wildman–Crippen LogP) is 3.16. The molecule has 18 heavy (non-hydrogen) atoms. The molecule has 0 atom stereocenters. The third-order valence-electron chi connectivity index (χ3n) is 2.73. The summed E-state index contributed by atoms with van der Waals surface area (Å²) in [6.45, 7) is 7.36. The van der Waals surface area contributed by atoms with Crippen LogP contribution >= 0.6 is 35.3 Å². The monoisotopic (exact) mass is 310 g/mol. The van der Waals surface area contributed by atoms with Gasteiger partial charge in [-0.15, -0.1) is 23.7 Å². The summed E-state index contributed by atoms with van der Waals surface area (Å²) in [6, 6.07) is 3.81. The molecule has 0 radical (unpaired) electrons. The molecule has 6 heteroatoms. The minimum atomic E-state index is -0.503. The standard InChI is InChI=1S/C12H19ClN2OS.ClH/c1-4-15(11(16)12(2,3)8-14)7-9-5-6-10(13)17-9;/h5-6H,4,7-8,14H2,1-3H3;1H. The Hall–Kier alpha value is -0.290. The third-order valence-corrected chi connectivity index (χ3v) is 3.95. The Morgan fingerprint density at radius 2 is 2.11 bits per heavy atom. The Kier molecular flexibility index (Phi) is 7.22. The summed E-state index contributed by atoms with van der Waals surface area (Å²) in [6.07, 6.45) is 0. The van der Waals surface area contributed by atoms with Gasteiger partial charge >= 0.3 is 0 Å². The predicted molar refractivity (Wildman–Crippen MR) is 80.5 cm³/mol. The van der Waals surface area contributed by atoms with Gasteiger partial charge < -0.3 is 10.6 Å². The molecule has 2 N–H and O–H groups in total. The second kappa shape index (κ2) is 7.34. The van der Waals surface area contributed by atoms with Crippen LogP contribution in [-0.2, 0) is 11.3 Å². The third kappa shape index (κ3) is 4.43. The summed E-state index contributed by atoms with van der Waals surface area (Å²) in [5.74, 6) is 0.0898. The van der Waals surface area contributed by atoms with Crippen molar-refractivity contribution in [2.45, 2.75) is 27.3 Å². The maximum atomic E-state index is 12.3. The molecule has 0 aliphatic carbocycles. The highest BCUT2D eigenvalue weighted by molar-refractivity contribution is 7.16. The molecular weight excluding hydrogens is 291 g/mol. The van der Waals surface area contributed by atoms with Crippen LogP contribution in [0.5, 0.6) is 0 Å². The van der Waals surface area contributed by atoms with Crippen LogP contribution < -0.4 is 5.73 Å². The molecule has 0 spiro atoms. The van der Waals surface area contributed by atoms with Gasteiger partial charge in [0, 0.05) is 18.0 Å². The van der Waals surface area contributed by atoms with E-state index in [1.807, 2.05) is 37.8 Å². The first-order valence-corrected chi connectivity index (χ1v) is 6.84. The van der Waals surface area contributed by atoms with Crippen molar-refractivity contribution in [2.75, 3.05) is 13.1 Å². The Morgan fingerprint density at radius 3 is 2.50 bits per heavy atom. The van der Waals surface area contributed by atoms with E-state index in [0.29, 0.717) is 19.6 Å². The van der Waals surface area contributed by atoms with Gasteiger partial charge in [0.2, 0.25) is 5.91 Å². The maximum Gasteiger partial charge on any atom is 0.229 e. The van der Waals surface area contributed by atoms with Crippen molar-refractivity contribution in [3.8, 4) is 0 Å². The zero-order chi connectivity index (χ0) is 13.1. The molecule has 0 aromatic carbocycles. The minimum absolute atomic E-state index is 0. The maximum absolute atomic E-state index is 12.3. The van der Waals surface area contributed by atoms with E-state index in [0.717, 1.165) is 9.21 Å². The van der Waals surface area contributed by atoms with Crippen LogP contribution in [0.1, 0.15) is 25.6 Å². The molecule has 1 rings (SSSR count). The number of halogens is 2. The minimum Gasteiger partial charge on any atom is -0.337 e. The Morgan fingerprint density at radius 1 is 1.50 bits per heavy atom.